The van der Waals surface area contributed by atoms with Crippen LogP contribution in [0.2, 0.25) is 5.02 Å². The summed E-state index contributed by atoms with van der Waals surface area (Å²) >= 11 is 5.78. The number of ether oxygens (including phenoxy) is 1. The molecule has 0 spiro atoms. The molecule has 0 bridgehead atoms. The van der Waals surface area contributed by atoms with Gasteiger partial charge >= 0.3 is 6.18 Å². The molecule has 1 amide bonds. The maximum Gasteiger partial charge on any atom is 0.416 e. The van der Waals surface area contributed by atoms with Gasteiger partial charge in [-0.25, -0.2) is 0 Å². The molecule has 0 saturated carbocycles. The number of carbonyl (C=O) groups excluding carboxylic acids is 1. The van der Waals surface area contributed by atoms with Gasteiger partial charge in [-0.15, -0.1) is 0 Å². The van der Waals surface area contributed by atoms with Crippen molar-refractivity contribution in [3.05, 3.63) is 28.8 Å². The number of alkyl halides is 3. The van der Waals surface area contributed by atoms with Crippen LogP contribution in [0.25, 0.3) is 0 Å². The van der Waals surface area contributed by atoms with E-state index in [9.17, 15) is 18.0 Å². The number of halogens is 4. The van der Waals surface area contributed by atoms with E-state index in [0.29, 0.717) is 13.0 Å². The van der Waals surface area contributed by atoms with Crippen molar-refractivity contribution in [1.29, 1.82) is 0 Å². The summed E-state index contributed by atoms with van der Waals surface area (Å²) in [6, 6.07) is 2.36. The van der Waals surface area contributed by atoms with Crippen LogP contribution in [-0.2, 0) is 15.7 Å². The first-order valence-corrected chi connectivity index (χ1v) is 6.63. The lowest BCUT2D eigenvalue weighted by molar-refractivity contribution is -0.137. The van der Waals surface area contributed by atoms with Crippen LogP contribution < -0.4 is 10.6 Å². The maximum atomic E-state index is 12.5. The molecule has 21 heavy (non-hydrogen) atoms. The highest BCUT2D eigenvalue weighted by Gasteiger charge is 2.32. The second-order valence-electron chi connectivity index (χ2n) is 4.74. The number of carbonyl (C=O) groups is 1. The fraction of sp³-hybridized carbons (Fsp3) is 0.462. The van der Waals surface area contributed by atoms with E-state index < -0.39 is 17.8 Å². The normalized spacial score (nSPS) is 22.3. The smallest absolute Gasteiger partial charge is 0.380 e. The highest BCUT2D eigenvalue weighted by atomic mass is 35.5. The molecule has 1 aromatic carbocycles. The molecule has 116 valence electrons. The van der Waals surface area contributed by atoms with E-state index in [0.717, 1.165) is 18.2 Å². The Kier molecular flexibility index (Phi) is 4.75. The molecule has 2 atom stereocenters. The number of benzene rings is 1. The van der Waals surface area contributed by atoms with Crippen LogP contribution in [0, 0.1) is 0 Å². The predicted molar refractivity (Wildman–Crippen MR) is 72.3 cm³/mol. The highest BCUT2D eigenvalue weighted by Crippen LogP contribution is 2.33. The first-order valence-electron chi connectivity index (χ1n) is 6.25. The van der Waals surface area contributed by atoms with Crippen LogP contribution in [0.3, 0.4) is 0 Å². The second kappa shape index (κ2) is 6.21. The molecule has 1 fully saturated rings. The van der Waals surface area contributed by atoms with Gasteiger partial charge in [-0.05, 0) is 24.6 Å². The van der Waals surface area contributed by atoms with Gasteiger partial charge in [0.2, 0.25) is 5.91 Å². The van der Waals surface area contributed by atoms with Crippen LogP contribution in [0.1, 0.15) is 12.0 Å². The van der Waals surface area contributed by atoms with E-state index >= 15 is 0 Å². The zero-order valence-electron chi connectivity index (χ0n) is 11.1. The summed E-state index contributed by atoms with van der Waals surface area (Å²) in [4.78, 5) is 12.0. The van der Waals surface area contributed by atoms with E-state index in [-0.39, 0.29) is 22.7 Å². The van der Waals surface area contributed by atoms with E-state index in [1.54, 1.807) is 7.11 Å². The molecule has 4 nitrogen and oxygen atoms in total. The molecule has 1 aliphatic rings. The van der Waals surface area contributed by atoms with Gasteiger partial charge in [0.05, 0.1) is 28.4 Å². The Morgan fingerprint density at radius 3 is 2.71 bits per heavy atom. The Balaban J connectivity index is 2.05. The highest BCUT2D eigenvalue weighted by molar-refractivity contribution is 6.33. The van der Waals surface area contributed by atoms with Crippen molar-refractivity contribution in [1.82, 2.24) is 5.32 Å². The van der Waals surface area contributed by atoms with Crippen LogP contribution in [0.15, 0.2) is 18.2 Å². The molecule has 2 rings (SSSR count). The zero-order chi connectivity index (χ0) is 15.6. The number of amides is 1. The van der Waals surface area contributed by atoms with Crippen LogP contribution in [0.4, 0.5) is 18.9 Å². The third kappa shape index (κ3) is 3.87. The number of anilines is 1. The molecule has 1 heterocycles. The van der Waals surface area contributed by atoms with Crippen molar-refractivity contribution < 1.29 is 22.7 Å². The Hall–Kier alpha value is -1.31. The van der Waals surface area contributed by atoms with E-state index in [1.807, 2.05) is 0 Å². The molecule has 0 aromatic heterocycles. The SMILES string of the molecule is COC1CNC(C(=O)Nc2ccc(C(F)(F)F)cc2Cl)C1. The van der Waals surface area contributed by atoms with Gasteiger partial charge in [0.25, 0.3) is 0 Å². The molecule has 2 unspecified atom stereocenters. The summed E-state index contributed by atoms with van der Waals surface area (Å²) in [5, 5.41) is 5.34. The minimum absolute atomic E-state index is 0.0520. The van der Waals surface area contributed by atoms with E-state index in [1.165, 1.54) is 0 Å². The van der Waals surface area contributed by atoms with E-state index in [2.05, 4.69) is 10.6 Å². The third-order valence-corrected chi connectivity index (χ3v) is 3.61. The number of nitrogens with one attached hydrogen (secondary N) is 2. The number of rotatable bonds is 3. The summed E-state index contributed by atoms with van der Waals surface area (Å²) in [6.45, 7) is 0.551. The molecular weight excluding hydrogens is 309 g/mol. The standard InChI is InChI=1S/C13H14ClF3N2O2/c1-21-8-5-11(18-6-8)12(20)19-10-3-2-7(4-9(10)14)13(15,16)17/h2-4,8,11,18H,5-6H2,1H3,(H,19,20). The molecular formula is C13H14ClF3N2O2. The quantitative estimate of drug-likeness (QED) is 0.899. The lowest BCUT2D eigenvalue weighted by Crippen LogP contribution is -2.35. The minimum atomic E-state index is -4.47. The Labute approximate surface area is 124 Å². The molecule has 1 aliphatic heterocycles. The van der Waals surface area contributed by atoms with Crippen LogP contribution >= 0.6 is 11.6 Å². The zero-order valence-corrected chi connectivity index (χ0v) is 11.9. The van der Waals surface area contributed by atoms with Gasteiger partial charge in [0, 0.05) is 13.7 Å². The third-order valence-electron chi connectivity index (χ3n) is 3.29. The number of hydrogen-bond acceptors (Lipinski definition) is 3. The molecule has 2 N–H and O–H groups in total. The van der Waals surface area contributed by atoms with Crippen molar-refractivity contribution >= 4 is 23.2 Å². The average Bonchev–Trinajstić information content (AvgIpc) is 2.88. The molecule has 0 aliphatic carbocycles. The van der Waals surface area contributed by atoms with Gasteiger partial charge in [0.1, 0.15) is 0 Å². The lowest BCUT2D eigenvalue weighted by Gasteiger charge is -2.14. The first kappa shape index (κ1) is 16.1. The summed E-state index contributed by atoms with van der Waals surface area (Å²) in [7, 11) is 1.55. The van der Waals surface area contributed by atoms with Crippen molar-refractivity contribution in [2.75, 3.05) is 19.0 Å². The largest absolute Gasteiger partial charge is 0.416 e. The van der Waals surface area contributed by atoms with Crippen LogP contribution in [-0.4, -0.2) is 31.7 Å². The minimum Gasteiger partial charge on any atom is -0.380 e. The molecule has 0 radical (unpaired) electrons. The average molecular weight is 323 g/mol. The lowest BCUT2D eigenvalue weighted by atomic mass is 10.1. The summed E-state index contributed by atoms with van der Waals surface area (Å²) < 4.78 is 42.7. The van der Waals surface area contributed by atoms with Gasteiger partial charge in [0.15, 0.2) is 0 Å². The topological polar surface area (TPSA) is 50.4 Å². The fourth-order valence-electron chi connectivity index (χ4n) is 2.10. The van der Waals surface area contributed by atoms with Gasteiger partial charge in [-0.3, -0.25) is 4.79 Å². The van der Waals surface area contributed by atoms with Gasteiger partial charge in [-0.2, -0.15) is 13.2 Å². The number of methoxy groups -OCH3 is 1. The molecule has 1 aromatic rings. The van der Waals surface area contributed by atoms with Crippen molar-refractivity contribution in [3.63, 3.8) is 0 Å². The molecule has 8 heteroatoms. The second-order valence-corrected chi connectivity index (χ2v) is 5.14. The van der Waals surface area contributed by atoms with Gasteiger partial charge < -0.3 is 15.4 Å². The van der Waals surface area contributed by atoms with Gasteiger partial charge in [-0.1, -0.05) is 11.6 Å². The number of hydrogen-bond donors (Lipinski definition) is 2. The Morgan fingerprint density at radius 2 is 2.19 bits per heavy atom. The molecule has 1 saturated heterocycles. The summed E-state index contributed by atoms with van der Waals surface area (Å²) in [5.74, 6) is -0.351. The van der Waals surface area contributed by atoms with E-state index in [4.69, 9.17) is 16.3 Å². The monoisotopic (exact) mass is 322 g/mol. The maximum absolute atomic E-state index is 12.5. The Bertz CT molecular complexity index is 537. The first-order chi connectivity index (χ1) is 9.81. The van der Waals surface area contributed by atoms with Crippen LogP contribution in [0.5, 0.6) is 0 Å². The Morgan fingerprint density at radius 1 is 1.48 bits per heavy atom. The summed E-state index contributed by atoms with van der Waals surface area (Å²) in [6.07, 6.45) is -4.02. The van der Waals surface area contributed by atoms with Crippen molar-refractivity contribution in [2.24, 2.45) is 0 Å². The van der Waals surface area contributed by atoms with Crippen molar-refractivity contribution in [3.8, 4) is 0 Å². The predicted octanol–water partition coefficient (Wildman–Crippen LogP) is 2.67. The summed E-state index contributed by atoms with van der Waals surface area (Å²) in [5.41, 5.74) is -0.707. The fourth-order valence-corrected chi connectivity index (χ4v) is 2.32. The van der Waals surface area contributed by atoms with Crippen molar-refractivity contribution in [2.45, 2.75) is 24.7 Å².